The Kier molecular flexibility index (Phi) is 4.27. The summed E-state index contributed by atoms with van der Waals surface area (Å²) in [6, 6.07) is 11.9. The van der Waals surface area contributed by atoms with Gasteiger partial charge < -0.3 is 8.94 Å². The molecule has 1 N–H and O–H groups in total. The normalized spacial score (nSPS) is 11.0. The molecule has 4 rings (SSSR count). The average Bonchev–Trinajstić information content (AvgIpc) is 3.09. The number of aryl methyl sites for hydroxylation is 2. The topological polar surface area (TPSA) is 85.3 Å². The molecule has 0 saturated heterocycles. The first-order chi connectivity index (χ1) is 13.4. The molecule has 2 heterocycles. The molecule has 0 unspecified atom stereocenters. The Balaban J connectivity index is 1.62. The fourth-order valence-corrected chi connectivity index (χ4v) is 3.04. The van der Waals surface area contributed by atoms with Crippen LogP contribution in [0.1, 0.15) is 21.7 Å². The van der Waals surface area contributed by atoms with Gasteiger partial charge in [0.2, 0.25) is 5.88 Å². The van der Waals surface area contributed by atoms with Gasteiger partial charge in [-0.25, -0.2) is 4.39 Å². The molecule has 0 bridgehead atoms. The molecule has 4 aromatic rings. The number of nitrogens with one attached hydrogen (secondary N) is 1. The van der Waals surface area contributed by atoms with Crippen LogP contribution >= 0.6 is 0 Å². The molecule has 0 aliphatic rings. The number of rotatable bonds is 3. The summed E-state index contributed by atoms with van der Waals surface area (Å²) < 4.78 is 23.8. The highest BCUT2D eigenvalue weighted by Gasteiger charge is 2.16. The maximum absolute atomic E-state index is 13.0. The van der Waals surface area contributed by atoms with Crippen molar-refractivity contribution in [3.8, 4) is 11.3 Å². The van der Waals surface area contributed by atoms with Crippen molar-refractivity contribution < 1.29 is 18.1 Å². The molecule has 2 aromatic carbocycles. The van der Waals surface area contributed by atoms with Crippen molar-refractivity contribution in [1.82, 2.24) is 5.16 Å². The second-order valence-corrected chi connectivity index (χ2v) is 6.47. The molecule has 1 amide bonds. The minimum atomic E-state index is -0.639. The number of hydrogen-bond donors (Lipinski definition) is 1. The highest BCUT2D eigenvalue weighted by molar-refractivity contribution is 6.02. The summed E-state index contributed by atoms with van der Waals surface area (Å²) in [4.78, 5) is 24.9. The number of carbonyl (C=O) groups is 1. The van der Waals surface area contributed by atoms with Crippen LogP contribution in [0.15, 0.2) is 62.3 Å². The van der Waals surface area contributed by atoms with Crippen molar-refractivity contribution in [1.29, 1.82) is 0 Å². The highest BCUT2D eigenvalue weighted by atomic mass is 19.1. The molecule has 0 saturated carbocycles. The van der Waals surface area contributed by atoms with E-state index in [4.69, 9.17) is 8.94 Å². The molecule has 0 radical (unpaired) electrons. The van der Waals surface area contributed by atoms with Gasteiger partial charge in [-0.1, -0.05) is 11.2 Å². The Morgan fingerprint density at radius 3 is 2.57 bits per heavy atom. The van der Waals surface area contributed by atoms with Crippen molar-refractivity contribution in [3.05, 3.63) is 81.5 Å². The van der Waals surface area contributed by atoms with E-state index in [0.717, 1.165) is 17.2 Å². The smallest absolute Gasteiger partial charge is 0.293 e. The van der Waals surface area contributed by atoms with Crippen molar-refractivity contribution in [3.63, 3.8) is 0 Å². The first kappa shape index (κ1) is 17.7. The van der Waals surface area contributed by atoms with Gasteiger partial charge in [0.1, 0.15) is 17.1 Å². The fourth-order valence-electron chi connectivity index (χ4n) is 3.04. The molecule has 0 fully saturated rings. The highest BCUT2D eigenvalue weighted by Crippen LogP contribution is 2.23. The van der Waals surface area contributed by atoms with Gasteiger partial charge in [0.05, 0.1) is 5.39 Å². The number of amides is 1. The third-order valence-corrected chi connectivity index (χ3v) is 4.28. The molecule has 7 heteroatoms. The van der Waals surface area contributed by atoms with Crippen LogP contribution in [0.4, 0.5) is 10.3 Å². The second-order valence-electron chi connectivity index (χ2n) is 6.47. The number of nitrogens with zero attached hydrogens (tertiary/aromatic N) is 1. The molecule has 140 valence electrons. The van der Waals surface area contributed by atoms with E-state index in [-0.39, 0.29) is 22.9 Å². The van der Waals surface area contributed by atoms with Crippen LogP contribution in [-0.2, 0) is 0 Å². The summed E-state index contributed by atoms with van der Waals surface area (Å²) in [7, 11) is 0. The molecular formula is C21H15FN2O4. The van der Waals surface area contributed by atoms with Gasteiger partial charge in [-0.05, 0) is 55.3 Å². The van der Waals surface area contributed by atoms with Gasteiger partial charge in [-0.2, -0.15) is 0 Å². The molecule has 0 aliphatic carbocycles. The third-order valence-electron chi connectivity index (χ3n) is 4.28. The van der Waals surface area contributed by atoms with E-state index in [1.54, 1.807) is 18.2 Å². The van der Waals surface area contributed by atoms with Crippen LogP contribution in [0, 0.1) is 19.7 Å². The first-order valence-corrected chi connectivity index (χ1v) is 8.50. The van der Waals surface area contributed by atoms with Crippen molar-refractivity contribution in [2.75, 3.05) is 5.32 Å². The van der Waals surface area contributed by atoms with Gasteiger partial charge >= 0.3 is 0 Å². The number of halogens is 1. The van der Waals surface area contributed by atoms with E-state index in [1.165, 1.54) is 18.2 Å². The lowest BCUT2D eigenvalue weighted by Crippen LogP contribution is -2.15. The molecule has 0 atom stereocenters. The molecule has 28 heavy (non-hydrogen) atoms. The average molecular weight is 378 g/mol. The number of aromatic nitrogens is 1. The van der Waals surface area contributed by atoms with Crippen LogP contribution in [0.25, 0.3) is 22.2 Å². The summed E-state index contributed by atoms with van der Waals surface area (Å²) in [5.74, 6) is -1.06. The minimum absolute atomic E-state index is 0.0764. The lowest BCUT2D eigenvalue weighted by Gasteiger charge is -2.05. The third kappa shape index (κ3) is 3.29. The predicted molar refractivity (Wildman–Crippen MR) is 102 cm³/mol. The van der Waals surface area contributed by atoms with Crippen molar-refractivity contribution in [2.24, 2.45) is 0 Å². The van der Waals surface area contributed by atoms with Crippen molar-refractivity contribution in [2.45, 2.75) is 13.8 Å². The number of benzene rings is 2. The van der Waals surface area contributed by atoms with E-state index in [2.05, 4.69) is 10.5 Å². The van der Waals surface area contributed by atoms with E-state index in [0.29, 0.717) is 22.2 Å². The summed E-state index contributed by atoms with van der Waals surface area (Å²) in [5, 5.41) is 6.80. The Morgan fingerprint density at radius 2 is 1.82 bits per heavy atom. The number of hydrogen-bond acceptors (Lipinski definition) is 5. The van der Waals surface area contributed by atoms with Gasteiger partial charge in [0, 0.05) is 17.7 Å². The number of anilines is 1. The van der Waals surface area contributed by atoms with Crippen LogP contribution in [0.3, 0.4) is 0 Å². The van der Waals surface area contributed by atoms with Crippen LogP contribution in [0.2, 0.25) is 0 Å². The summed E-state index contributed by atoms with van der Waals surface area (Å²) in [5.41, 5.74) is 2.82. The zero-order chi connectivity index (χ0) is 19.8. The first-order valence-electron chi connectivity index (χ1n) is 8.50. The number of carbonyl (C=O) groups excluding carboxylic acids is 1. The fraction of sp³-hybridized carbons (Fsp3) is 0.0952. The Labute approximate surface area is 158 Å². The summed E-state index contributed by atoms with van der Waals surface area (Å²) >= 11 is 0. The lowest BCUT2D eigenvalue weighted by molar-refractivity contribution is 0.0994. The molecule has 0 aliphatic heterocycles. The lowest BCUT2D eigenvalue weighted by atomic mass is 10.1. The van der Waals surface area contributed by atoms with Gasteiger partial charge in [0.15, 0.2) is 11.2 Å². The van der Waals surface area contributed by atoms with Gasteiger partial charge in [-0.3, -0.25) is 14.9 Å². The Morgan fingerprint density at radius 1 is 1.07 bits per heavy atom. The van der Waals surface area contributed by atoms with Crippen molar-refractivity contribution >= 4 is 22.8 Å². The quantitative estimate of drug-likeness (QED) is 0.569. The van der Waals surface area contributed by atoms with Crippen LogP contribution in [-0.4, -0.2) is 11.1 Å². The molecule has 0 spiro atoms. The van der Waals surface area contributed by atoms with Crippen LogP contribution in [0.5, 0.6) is 0 Å². The maximum atomic E-state index is 13.0. The minimum Gasteiger partial charge on any atom is -0.451 e. The largest absolute Gasteiger partial charge is 0.451 e. The van der Waals surface area contributed by atoms with E-state index in [1.807, 2.05) is 19.9 Å². The molecular weight excluding hydrogens is 363 g/mol. The Bertz CT molecular complexity index is 1260. The second kappa shape index (κ2) is 6.77. The maximum Gasteiger partial charge on any atom is 0.293 e. The predicted octanol–water partition coefficient (Wildman–Crippen LogP) is 4.46. The zero-order valence-electron chi connectivity index (χ0n) is 15.1. The van der Waals surface area contributed by atoms with E-state index >= 15 is 0 Å². The van der Waals surface area contributed by atoms with E-state index in [9.17, 15) is 14.0 Å². The summed E-state index contributed by atoms with van der Waals surface area (Å²) in [6.45, 7) is 3.70. The standard InChI is InChI=1S/C21H15FN2O4/c1-11-7-12(2)20-16(25)10-18(27-17(20)8-11)21(26)23-19-9-15(24-28-19)13-3-5-14(22)6-4-13/h3-10H,1-2H3,(H,23,26). The molecule has 2 aromatic heterocycles. The van der Waals surface area contributed by atoms with Gasteiger partial charge in [0.25, 0.3) is 5.91 Å². The van der Waals surface area contributed by atoms with Gasteiger partial charge in [-0.15, -0.1) is 0 Å². The molecule has 6 nitrogen and oxygen atoms in total. The SMILES string of the molecule is Cc1cc(C)c2c(=O)cc(C(=O)Nc3cc(-c4ccc(F)cc4)no3)oc2c1. The zero-order valence-corrected chi connectivity index (χ0v) is 15.1. The summed E-state index contributed by atoms with van der Waals surface area (Å²) in [6.07, 6.45) is 0. The monoisotopic (exact) mass is 378 g/mol. The van der Waals surface area contributed by atoms with E-state index < -0.39 is 5.91 Å². The number of fused-ring (bicyclic) bond motifs is 1. The van der Waals surface area contributed by atoms with Crippen LogP contribution < -0.4 is 10.7 Å². The Hall–Kier alpha value is -3.74.